The number of nitrogens with one attached hydrogen (secondary N) is 1. The van der Waals surface area contributed by atoms with E-state index in [-0.39, 0.29) is 17.5 Å². The van der Waals surface area contributed by atoms with E-state index in [0.717, 1.165) is 21.6 Å². The van der Waals surface area contributed by atoms with Crippen LogP contribution in [0, 0.1) is 24.0 Å². The Hall–Kier alpha value is -4.33. The number of rotatable bonds is 6. The summed E-state index contributed by atoms with van der Waals surface area (Å²) in [5.74, 6) is -2.12. The molecule has 3 amide bonds. The van der Waals surface area contributed by atoms with E-state index < -0.39 is 34.4 Å². The standard InChI is InChI=1S/C25H21N3O5/c1-15-8-6-9-16(2)22(15)26-23(29)20(14-17-10-4-3-5-11-17)27-24(30)18-12-7-13-19(28(32)33)21(18)25(27)31/h3-13,20H,14H2,1-2H3,(H,26,29)/t20-/m0/s1. The predicted octanol–water partition coefficient (Wildman–Crippen LogP) is 4.06. The summed E-state index contributed by atoms with van der Waals surface area (Å²) in [7, 11) is 0. The van der Waals surface area contributed by atoms with Gasteiger partial charge in [-0.05, 0) is 36.6 Å². The third-order valence-electron chi connectivity index (χ3n) is 5.74. The molecule has 0 saturated heterocycles. The van der Waals surface area contributed by atoms with Crippen LogP contribution in [-0.2, 0) is 11.2 Å². The average molecular weight is 443 g/mol. The summed E-state index contributed by atoms with van der Waals surface area (Å²) in [6, 6.07) is 17.3. The zero-order valence-corrected chi connectivity index (χ0v) is 18.1. The first kappa shape index (κ1) is 21.9. The van der Waals surface area contributed by atoms with Gasteiger partial charge in [-0.15, -0.1) is 0 Å². The molecular formula is C25H21N3O5. The molecule has 0 spiro atoms. The highest BCUT2D eigenvalue weighted by Crippen LogP contribution is 2.33. The molecule has 1 aliphatic heterocycles. The number of hydrogen-bond acceptors (Lipinski definition) is 5. The molecule has 8 heteroatoms. The van der Waals surface area contributed by atoms with Gasteiger partial charge in [-0.2, -0.15) is 0 Å². The Labute approximate surface area is 190 Å². The average Bonchev–Trinajstić information content (AvgIpc) is 3.05. The number of carbonyl (C=O) groups excluding carboxylic acids is 3. The second-order valence-corrected chi connectivity index (χ2v) is 7.90. The number of imide groups is 1. The minimum absolute atomic E-state index is 0.0663. The molecule has 1 aliphatic rings. The highest BCUT2D eigenvalue weighted by Gasteiger charge is 2.46. The van der Waals surface area contributed by atoms with Gasteiger partial charge in [-0.1, -0.05) is 54.6 Å². The van der Waals surface area contributed by atoms with Crippen LogP contribution in [0.3, 0.4) is 0 Å². The van der Waals surface area contributed by atoms with Crippen LogP contribution in [-0.4, -0.2) is 33.6 Å². The van der Waals surface area contributed by atoms with Crippen molar-refractivity contribution in [2.24, 2.45) is 0 Å². The number of hydrogen-bond donors (Lipinski definition) is 1. The van der Waals surface area contributed by atoms with Crippen molar-refractivity contribution in [3.8, 4) is 0 Å². The quantitative estimate of drug-likeness (QED) is 0.351. The van der Waals surface area contributed by atoms with Crippen LogP contribution in [0.4, 0.5) is 11.4 Å². The fraction of sp³-hybridized carbons (Fsp3) is 0.160. The van der Waals surface area contributed by atoms with Gasteiger partial charge >= 0.3 is 0 Å². The lowest BCUT2D eigenvalue weighted by atomic mass is 10.0. The molecule has 1 N–H and O–H groups in total. The van der Waals surface area contributed by atoms with Crippen LogP contribution >= 0.6 is 0 Å². The van der Waals surface area contributed by atoms with Gasteiger partial charge in [0.2, 0.25) is 5.91 Å². The minimum Gasteiger partial charge on any atom is -0.324 e. The van der Waals surface area contributed by atoms with Crippen LogP contribution in [0.1, 0.15) is 37.4 Å². The van der Waals surface area contributed by atoms with Gasteiger partial charge in [-0.25, -0.2) is 0 Å². The van der Waals surface area contributed by atoms with Crippen molar-refractivity contribution < 1.29 is 19.3 Å². The fourth-order valence-corrected chi connectivity index (χ4v) is 4.08. The third kappa shape index (κ3) is 3.98. The van der Waals surface area contributed by atoms with Crippen molar-refractivity contribution in [2.45, 2.75) is 26.3 Å². The first-order valence-corrected chi connectivity index (χ1v) is 10.4. The van der Waals surface area contributed by atoms with Crippen LogP contribution in [0.2, 0.25) is 0 Å². The van der Waals surface area contributed by atoms with Crippen molar-refractivity contribution in [1.82, 2.24) is 4.90 Å². The number of carbonyl (C=O) groups is 3. The predicted molar refractivity (Wildman–Crippen MR) is 122 cm³/mol. The van der Waals surface area contributed by atoms with Crippen molar-refractivity contribution in [3.63, 3.8) is 0 Å². The van der Waals surface area contributed by atoms with E-state index in [1.807, 2.05) is 38.1 Å². The number of benzene rings is 3. The molecule has 8 nitrogen and oxygen atoms in total. The lowest BCUT2D eigenvalue weighted by Crippen LogP contribution is -2.48. The molecule has 1 heterocycles. The van der Waals surface area contributed by atoms with Gasteiger partial charge in [-0.3, -0.25) is 29.4 Å². The number of aryl methyl sites for hydroxylation is 2. The first-order chi connectivity index (χ1) is 15.8. The van der Waals surface area contributed by atoms with E-state index in [1.54, 1.807) is 24.3 Å². The van der Waals surface area contributed by atoms with Gasteiger partial charge in [0.1, 0.15) is 11.6 Å². The lowest BCUT2D eigenvalue weighted by Gasteiger charge is -2.26. The zero-order chi connectivity index (χ0) is 23.7. The van der Waals surface area contributed by atoms with E-state index in [4.69, 9.17) is 0 Å². The molecule has 1 atom stereocenters. The maximum Gasteiger partial charge on any atom is 0.282 e. The van der Waals surface area contributed by atoms with E-state index in [9.17, 15) is 24.5 Å². The summed E-state index contributed by atoms with van der Waals surface area (Å²) in [4.78, 5) is 51.6. The Morgan fingerprint density at radius 1 is 0.939 bits per heavy atom. The topological polar surface area (TPSA) is 110 Å². The molecule has 4 rings (SSSR count). The van der Waals surface area contributed by atoms with Crippen molar-refractivity contribution in [2.75, 3.05) is 5.32 Å². The third-order valence-corrected chi connectivity index (χ3v) is 5.74. The monoisotopic (exact) mass is 443 g/mol. The zero-order valence-electron chi connectivity index (χ0n) is 18.1. The summed E-state index contributed by atoms with van der Waals surface area (Å²) in [6.45, 7) is 3.69. The SMILES string of the molecule is Cc1cccc(C)c1NC(=O)[C@H](Cc1ccccc1)N1C(=O)c2cccc([N+](=O)[O-])c2C1=O. The summed E-state index contributed by atoms with van der Waals surface area (Å²) in [6.07, 6.45) is 0.0663. The molecule has 0 unspecified atom stereocenters. The number of fused-ring (bicyclic) bond motifs is 1. The Bertz CT molecular complexity index is 1270. The van der Waals surface area contributed by atoms with Gasteiger partial charge in [0, 0.05) is 18.2 Å². The van der Waals surface area contributed by atoms with Crippen LogP contribution in [0.25, 0.3) is 0 Å². The number of anilines is 1. The van der Waals surface area contributed by atoms with Gasteiger partial charge in [0.05, 0.1) is 10.5 Å². The van der Waals surface area contributed by atoms with Gasteiger partial charge in [0.15, 0.2) is 0 Å². The van der Waals surface area contributed by atoms with E-state index in [0.29, 0.717) is 5.69 Å². The molecule has 0 bridgehead atoms. The second-order valence-electron chi connectivity index (χ2n) is 7.90. The van der Waals surface area contributed by atoms with E-state index in [2.05, 4.69) is 5.32 Å². The smallest absolute Gasteiger partial charge is 0.282 e. The number of para-hydroxylation sites is 1. The minimum atomic E-state index is -1.20. The molecule has 3 aromatic carbocycles. The number of nitro benzene ring substituents is 1. The molecule has 0 fully saturated rings. The van der Waals surface area contributed by atoms with Crippen LogP contribution in [0.5, 0.6) is 0 Å². The molecule has 0 aliphatic carbocycles. The molecule has 0 aromatic heterocycles. The van der Waals surface area contributed by atoms with Crippen molar-refractivity contribution in [1.29, 1.82) is 0 Å². The number of amides is 3. The molecular weight excluding hydrogens is 422 g/mol. The van der Waals surface area contributed by atoms with Crippen molar-refractivity contribution >= 4 is 29.1 Å². The molecule has 3 aromatic rings. The Kier molecular flexibility index (Phi) is 5.74. The normalized spacial score (nSPS) is 13.6. The summed E-state index contributed by atoms with van der Waals surface area (Å²) in [5.41, 5.74) is 2.19. The number of nitrogens with zero attached hydrogens (tertiary/aromatic N) is 2. The Morgan fingerprint density at radius 2 is 1.58 bits per heavy atom. The van der Waals surface area contributed by atoms with Gasteiger partial charge < -0.3 is 5.32 Å². The molecule has 33 heavy (non-hydrogen) atoms. The van der Waals surface area contributed by atoms with Crippen molar-refractivity contribution in [3.05, 3.63) is 105 Å². The highest BCUT2D eigenvalue weighted by molar-refractivity contribution is 6.25. The summed E-state index contributed by atoms with van der Waals surface area (Å²) >= 11 is 0. The van der Waals surface area contributed by atoms with Crippen LogP contribution < -0.4 is 5.32 Å². The maximum atomic E-state index is 13.5. The van der Waals surface area contributed by atoms with E-state index in [1.165, 1.54) is 18.2 Å². The summed E-state index contributed by atoms with van der Waals surface area (Å²) in [5, 5.41) is 14.3. The fourth-order valence-electron chi connectivity index (χ4n) is 4.08. The lowest BCUT2D eigenvalue weighted by molar-refractivity contribution is -0.385. The Balaban J connectivity index is 1.76. The van der Waals surface area contributed by atoms with E-state index >= 15 is 0 Å². The molecule has 0 radical (unpaired) electrons. The number of nitro groups is 1. The molecule has 166 valence electrons. The largest absolute Gasteiger partial charge is 0.324 e. The highest BCUT2D eigenvalue weighted by atomic mass is 16.6. The second kappa shape index (κ2) is 8.66. The maximum absolute atomic E-state index is 13.5. The summed E-state index contributed by atoms with van der Waals surface area (Å²) < 4.78 is 0. The molecule has 0 saturated carbocycles. The van der Waals surface area contributed by atoms with Gasteiger partial charge in [0.25, 0.3) is 17.5 Å². The van der Waals surface area contributed by atoms with Crippen LogP contribution in [0.15, 0.2) is 66.7 Å². The Morgan fingerprint density at radius 3 is 2.21 bits per heavy atom. The first-order valence-electron chi connectivity index (χ1n) is 10.4.